The van der Waals surface area contributed by atoms with Crippen LogP contribution in [0.15, 0.2) is 66.7 Å². The number of ether oxygens (including phenoxy) is 4. The van der Waals surface area contributed by atoms with Crippen molar-refractivity contribution >= 4 is 29.1 Å². The summed E-state index contributed by atoms with van der Waals surface area (Å²) in [5.41, 5.74) is 1.82. The molecule has 1 N–H and O–H groups in total. The maximum atomic E-state index is 13.9. The topological polar surface area (TPSA) is 110 Å². The van der Waals surface area contributed by atoms with Crippen molar-refractivity contribution in [2.45, 2.75) is 12.2 Å². The third kappa shape index (κ3) is 4.66. The number of amides is 3. The van der Waals surface area contributed by atoms with E-state index in [2.05, 4.69) is 5.32 Å². The molecule has 0 spiro atoms. The predicted molar refractivity (Wildman–Crippen MR) is 128 cm³/mol. The molecule has 36 heavy (non-hydrogen) atoms. The van der Waals surface area contributed by atoms with Gasteiger partial charge in [-0.3, -0.25) is 24.6 Å². The highest BCUT2D eigenvalue weighted by atomic mass is 16.6. The van der Waals surface area contributed by atoms with E-state index < -0.39 is 11.8 Å². The number of hydrogen-bond acceptors (Lipinski definition) is 7. The van der Waals surface area contributed by atoms with E-state index in [-0.39, 0.29) is 34.8 Å². The fourth-order valence-electron chi connectivity index (χ4n) is 3.95. The van der Waals surface area contributed by atoms with Gasteiger partial charge in [0.1, 0.15) is 36.9 Å². The Morgan fingerprint density at radius 3 is 1.92 bits per heavy atom. The van der Waals surface area contributed by atoms with E-state index in [0.29, 0.717) is 49.3 Å². The van der Waals surface area contributed by atoms with E-state index in [1.807, 2.05) is 12.1 Å². The fourth-order valence-corrected chi connectivity index (χ4v) is 3.95. The molecule has 2 saturated heterocycles. The van der Waals surface area contributed by atoms with Crippen molar-refractivity contribution in [2.75, 3.05) is 31.3 Å². The summed E-state index contributed by atoms with van der Waals surface area (Å²) in [6.07, 6.45) is 0.187. The Balaban J connectivity index is 1.36. The molecule has 9 nitrogen and oxygen atoms in total. The number of fused-ring (bicyclic) bond motifs is 1. The smallest absolute Gasteiger partial charge is 0.262 e. The van der Waals surface area contributed by atoms with Gasteiger partial charge in [-0.25, -0.2) is 0 Å². The maximum absolute atomic E-state index is 13.9. The maximum Gasteiger partial charge on any atom is 0.262 e. The molecular formula is C27H22N2O7. The Kier molecular flexibility index (Phi) is 5.63. The summed E-state index contributed by atoms with van der Waals surface area (Å²) >= 11 is 0. The van der Waals surface area contributed by atoms with Crippen LogP contribution in [0.25, 0.3) is 0 Å². The predicted octanol–water partition coefficient (Wildman–Crippen LogP) is 3.10. The SMILES string of the molecule is O=C1NC(=O)c2cc(C(=O)N(c3cccc(OCC4CO4)c3)c3cccc(OCC4CO4)c3)ccc21. The van der Waals surface area contributed by atoms with Crippen molar-refractivity contribution in [1.29, 1.82) is 0 Å². The largest absolute Gasteiger partial charge is 0.491 e. The Morgan fingerprint density at radius 1 is 0.806 bits per heavy atom. The molecule has 2 unspecified atom stereocenters. The van der Waals surface area contributed by atoms with Crippen molar-refractivity contribution < 1.29 is 33.3 Å². The van der Waals surface area contributed by atoms with Crippen molar-refractivity contribution in [2.24, 2.45) is 0 Å². The van der Waals surface area contributed by atoms with Crippen LogP contribution in [0, 0.1) is 0 Å². The Hall–Kier alpha value is -4.21. The van der Waals surface area contributed by atoms with E-state index >= 15 is 0 Å². The van der Waals surface area contributed by atoms with Crippen LogP contribution in [0.5, 0.6) is 11.5 Å². The van der Waals surface area contributed by atoms with Gasteiger partial charge in [0.05, 0.1) is 35.7 Å². The summed E-state index contributed by atoms with van der Waals surface area (Å²) in [5, 5.41) is 2.26. The van der Waals surface area contributed by atoms with Crippen LogP contribution < -0.4 is 19.7 Å². The molecule has 3 heterocycles. The van der Waals surface area contributed by atoms with Crippen LogP contribution in [0.2, 0.25) is 0 Å². The summed E-state index contributed by atoms with van der Waals surface area (Å²) in [5.74, 6) is -0.183. The van der Waals surface area contributed by atoms with Crippen LogP contribution in [0.3, 0.4) is 0 Å². The van der Waals surface area contributed by atoms with Crippen molar-refractivity contribution in [1.82, 2.24) is 5.32 Å². The summed E-state index contributed by atoms with van der Waals surface area (Å²) < 4.78 is 22.1. The summed E-state index contributed by atoms with van der Waals surface area (Å²) in [4.78, 5) is 39.6. The Bertz CT molecular complexity index is 1300. The fraction of sp³-hybridized carbons (Fsp3) is 0.222. The average Bonchev–Trinajstić information content (AvgIpc) is 3.82. The summed E-state index contributed by atoms with van der Waals surface area (Å²) in [6, 6.07) is 18.9. The molecule has 0 aromatic heterocycles. The molecule has 3 aliphatic rings. The monoisotopic (exact) mass is 486 g/mol. The highest BCUT2D eigenvalue weighted by molar-refractivity contribution is 6.22. The first-order valence-corrected chi connectivity index (χ1v) is 11.6. The second kappa shape index (κ2) is 9.10. The minimum absolute atomic E-state index is 0.0935. The van der Waals surface area contributed by atoms with Crippen LogP contribution in [0.1, 0.15) is 31.1 Å². The number of nitrogens with one attached hydrogen (secondary N) is 1. The standard InChI is InChI=1S/C27H22N2O7/c30-25-23-8-7-16(9-24(23)26(31)28-25)27(32)29(17-3-1-5-19(10-17)33-12-21-14-35-21)18-4-2-6-20(11-18)34-13-22-15-36-22/h1-11,21-22H,12-15H2,(H,28,30,31). The van der Waals surface area contributed by atoms with E-state index in [0.717, 1.165) is 0 Å². The molecule has 2 atom stereocenters. The van der Waals surface area contributed by atoms with Crippen molar-refractivity contribution in [3.05, 3.63) is 83.4 Å². The van der Waals surface area contributed by atoms with Crippen LogP contribution in [-0.2, 0) is 9.47 Å². The van der Waals surface area contributed by atoms with Crippen LogP contribution in [-0.4, -0.2) is 56.4 Å². The normalized spacial score (nSPS) is 19.3. The lowest BCUT2D eigenvalue weighted by Crippen LogP contribution is -2.26. The van der Waals surface area contributed by atoms with Crippen LogP contribution in [0.4, 0.5) is 11.4 Å². The molecule has 0 aliphatic carbocycles. The Labute approximate surface area is 206 Å². The highest BCUT2D eigenvalue weighted by Gasteiger charge is 2.30. The average molecular weight is 486 g/mol. The molecule has 2 fully saturated rings. The molecule has 6 rings (SSSR count). The minimum Gasteiger partial charge on any atom is -0.491 e. The zero-order chi connectivity index (χ0) is 24.6. The quantitative estimate of drug-likeness (QED) is 0.366. The molecule has 3 amide bonds. The van der Waals surface area contributed by atoms with Gasteiger partial charge in [-0.2, -0.15) is 0 Å². The van der Waals surface area contributed by atoms with Gasteiger partial charge in [-0.05, 0) is 42.5 Å². The molecular weight excluding hydrogens is 464 g/mol. The van der Waals surface area contributed by atoms with E-state index in [1.54, 1.807) is 42.5 Å². The first kappa shape index (κ1) is 22.3. The number of imide groups is 1. The van der Waals surface area contributed by atoms with E-state index in [1.165, 1.54) is 17.0 Å². The second-order valence-corrected chi connectivity index (χ2v) is 8.71. The van der Waals surface area contributed by atoms with E-state index in [4.69, 9.17) is 18.9 Å². The Morgan fingerprint density at radius 2 is 1.36 bits per heavy atom. The van der Waals surface area contributed by atoms with Crippen molar-refractivity contribution in [3.63, 3.8) is 0 Å². The second-order valence-electron chi connectivity index (χ2n) is 8.71. The van der Waals surface area contributed by atoms with Gasteiger partial charge >= 0.3 is 0 Å². The van der Waals surface area contributed by atoms with Crippen molar-refractivity contribution in [3.8, 4) is 11.5 Å². The number of nitrogens with zero attached hydrogens (tertiary/aromatic N) is 1. The van der Waals surface area contributed by atoms with Gasteiger partial charge in [0, 0.05) is 17.7 Å². The van der Waals surface area contributed by atoms with Gasteiger partial charge < -0.3 is 18.9 Å². The highest BCUT2D eigenvalue weighted by Crippen LogP contribution is 2.33. The lowest BCUT2D eigenvalue weighted by Gasteiger charge is -2.24. The van der Waals surface area contributed by atoms with Gasteiger partial charge in [-0.1, -0.05) is 12.1 Å². The summed E-state index contributed by atoms with van der Waals surface area (Å²) in [6.45, 7) is 2.21. The first-order chi connectivity index (χ1) is 17.5. The zero-order valence-corrected chi connectivity index (χ0v) is 19.1. The lowest BCUT2D eigenvalue weighted by atomic mass is 10.0. The number of hydrogen-bond donors (Lipinski definition) is 1. The molecule has 182 valence electrons. The molecule has 3 aromatic rings. The number of benzene rings is 3. The third-order valence-electron chi connectivity index (χ3n) is 6.01. The first-order valence-electron chi connectivity index (χ1n) is 11.6. The third-order valence-corrected chi connectivity index (χ3v) is 6.01. The van der Waals surface area contributed by atoms with Gasteiger partial charge in [0.2, 0.25) is 0 Å². The van der Waals surface area contributed by atoms with E-state index in [9.17, 15) is 14.4 Å². The number of carbonyl (C=O) groups excluding carboxylic acids is 3. The zero-order valence-electron chi connectivity index (χ0n) is 19.1. The minimum atomic E-state index is -0.522. The number of rotatable bonds is 9. The molecule has 0 bridgehead atoms. The molecule has 0 radical (unpaired) electrons. The van der Waals surface area contributed by atoms with Gasteiger partial charge in [0.25, 0.3) is 17.7 Å². The lowest BCUT2D eigenvalue weighted by molar-refractivity contribution is 0.0879. The number of anilines is 2. The molecule has 9 heteroatoms. The van der Waals surface area contributed by atoms with Gasteiger partial charge in [-0.15, -0.1) is 0 Å². The number of epoxide rings is 2. The molecule has 0 saturated carbocycles. The molecule has 3 aliphatic heterocycles. The molecule has 3 aromatic carbocycles. The van der Waals surface area contributed by atoms with Crippen LogP contribution >= 0.6 is 0 Å². The van der Waals surface area contributed by atoms with Gasteiger partial charge in [0.15, 0.2) is 0 Å². The number of carbonyl (C=O) groups is 3. The summed E-state index contributed by atoms with van der Waals surface area (Å²) in [7, 11) is 0.